The van der Waals surface area contributed by atoms with Crippen molar-refractivity contribution < 1.29 is 0 Å². The molecular formula is C22H30ClN3. The monoisotopic (exact) mass is 371 g/mol. The van der Waals surface area contributed by atoms with Crippen LogP contribution in [0.5, 0.6) is 0 Å². The molecule has 0 radical (unpaired) electrons. The van der Waals surface area contributed by atoms with Crippen molar-refractivity contribution in [3.05, 3.63) is 59.3 Å². The molecule has 1 fully saturated rings. The first-order valence-corrected chi connectivity index (χ1v) is 9.84. The van der Waals surface area contributed by atoms with Gasteiger partial charge in [0, 0.05) is 18.3 Å². The quantitative estimate of drug-likeness (QED) is 0.825. The van der Waals surface area contributed by atoms with Crippen LogP contribution in [0.3, 0.4) is 0 Å². The van der Waals surface area contributed by atoms with Crippen LogP contribution in [0.25, 0.3) is 0 Å². The van der Waals surface area contributed by atoms with Gasteiger partial charge in [-0.2, -0.15) is 0 Å². The SMILES string of the molecule is CCCN1CCC[C@@H]2Cc3nc(NCc4ccccc4)ccc3C[C@H]21.Cl. The topological polar surface area (TPSA) is 28.2 Å². The predicted molar refractivity (Wildman–Crippen MR) is 111 cm³/mol. The van der Waals surface area contributed by atoms with Crippen molar-refractivity contribution in [2.75, 3.05) is 18.4 Å². The van der Waals surface area contributed by atoms with E-state index in [1.54, 1.807) is 0 Å². The molecule has 0 saturated carbocycles. The van der Waals surface area contributed by atoms with Crippen LogP contribution in [0, 0.1) is 5.92 Å². The highest BCUT2D eigenvalue weighted by atomic mass is 35.5. The summed E-state index contributed by atoms with van der Waals surface area (Å²) in [5.41, 5.74) is 4.09. The fraction of sp³-hybridized carbons (Fsp3) is 0.500. The number of halogens is 1. The van der Waals surface area contributed by atoms with Crippen molar-refractivity contribution in [3.63, 3.8) is 0 Å². The lowest BCUT2D eigenvalue weighted by Crippen LogP contribution is -2.49. The van der Waals surface area contributed by atoms with Crippen molar-refractivity contribution in [3.8, 4) is 0 Å². The Morgan fingerprint density at radius 1 is 1.12 bits per heavy atom. The van der Waals surface area contributed by atoms with Crippen LogP contribution in [0.4, 0.5) is 5.82 Å². The number of likely N-dealkylation sites (tertiary alicyclic amines) is 1. The Morgan fingerprint density at radius 2 is 1.96 bits per heavy atom. The zero-order chi connectivity index (χ0) is 17.1. The van der Waals surface area contributed by atoms with E-state index in [4.69, 9.17) is 4.98 Å². The summed E-state index contributed by atoms with van der Waals surface area (Å²) < 4.78 is 0. The molecule has 1 aromatic heterocycles. The number of nitrogens with zero attached hydrogens (tertiary/aromatic N) is 2. The first-order chi connectivity index (χ1) is 12.3. The van der Waals surface area contributed by atoms with Gasteiger partial charge in [-0.1, -0.05) is 43.3 Å². The smallest absolute Gasteiger partial charge is 0.126 e. The number of piperidine rings is 1. The Hall–Kier alpha value is -1.58. The highest BCUT2D eigenvalue weighted by Gasteiger charge is 2.35. The predicted octanol–water partition coefficient (Wildman–Crippen LogP) is 4.70. The molecule has 1 saturated heterocycles. The third-order valence-corrected chi connectivity index (χ3v) is 5.81. The molecule has 26 heavy (non-hydrogen) atoms. The molecule has 0 bridgehead atoms. The number of hydrogen-bond acceptors (Lipinski definition) is 3. The first-order valence-electron chi connectivity index (χ1n) is 9.84. The van der Waals surface area contributed by atoms with Crippen LogP contribution >= 0.6 is 12.4 Å². The minimum atomic E-state index is 0. The van der Waals surface area contributed by atoms with Gasteiger partial charge in [0.25, 0.3) is 0 Å². The maximum Gasteiger partial charge on any atom is 0.126 e. The zero-order valence-corrected chi connectivity index (χ0v) is 16.5. The first kappa shape index (κ1) is 19.2. The van der Waals surface area contributed by atoms with Gasteiger partial charge in [0.15, 0.2) is 0 Å². The summed E-state index contributed by atoms with van der Waals surface area (Å²) in [4.78, 5) is 7.70. The van der Waals surface area contributed by atoms with E-state index in [1.165, 1.54) is 55.6 Å². The number of benzene rings is 1. The summed E-state index contributed by atoms with van der Waals surface area (Å²) in [6.45, 7) is 5.67. The maximum atomic E-state index is 4.96. The number of rotatable bonds is 5. The summed E-state index contributed by atoms with van der Waals surface area (Å²) in [7, 11) is 0. The number of hydrogen-bond donors (Lipinski definition) is 1. The molecule has 1 aliphatic carbocycles. The molecule has 1 N–H and O–H groups in total. The van der Waals surface area contributed by atoms with E-state index < -0.39 is 0 Å². The minimum Gasteiger partial charge on any atom is -0.366 e. The van der Waals surface area contributed by atoms with Gasteiger partial charge in [-0.15, -0.1) is 12.4 Å². The number of anilines is 1. The van der Waals surface area contributed by atoms with E-state index in [0.717, 1.165) is 30.7 Å². The summed E-state index contributed by atoms with van der Waals surface area (Å²) in [5, 5.41) is 3.49. The molecule has 2 heterocycles. The van der Waals surface area contributed by atoms with Crippen LogP contribution in [0.15, 0.2) is 42.5 Å². The Balaban J connectivity index is 0.00000196. The van der Waals surface area contributed by atoms with Gasteiger partial charge in [0.2, 0.25) is 0 Å². The molecular weight excluding hydrogens is 342 g/mol. The third-order valence-electron chi connectivity index (χ3n) is 5.81. The van der Waals surface area contributed by atoms with Crippen LogP contribution in [0.2, 0.25) is 0 Å². The van der Waals surface area contributed by atoms with E-state index in [1.807, 2.05) is 0 Å². The fourth-order valence-electron chi connectivity index (χ4n) is 4.57. The number of pyridine rings is 1. The van der Waals surface area contributed by atoms with Gasteiger partial charge < -0.3 is 5.32 Å². The molecule has 0 spiro atoms. The van der Waals surface area contributed by atoms with Gasteiger partial charge in [-0.25, -0.2) is 4.98 Å². The van der Waals surface area contributed by atoms with E-state index in [2.05, 4.69) is 59.6 Å². The van der Waals surface area contributed by atoms with Crippen molar-refractivity contribution >= 4 is 18.2 Å². The maximum absolute atomic E-state index is 4.96. The van der Waals surface area contributed by atoms with Gasteiger partial charge in [0.05, 0.1) is 0 Å². The Morgan fingerprint density at radius 3 is 2.77 bits per heavy atom. The summed E-state index contributed by atoms with van der Waals surface area (Å²) in [5.74, 6) is 1.81. The molecule has 2 aliphatic rings. The van der Waals surface area contributed by atoms with E-state index >= 15 is 0 Å². The van der Waals surface area contributed by atoms with Crippen LogP contribution in [-0.2, 0) is 19.4 Å². The molecule has 0 amide bonds. The highest BCUT2D eigenvalue weighted by Crippen LogP contribution is 2.34. The lowest BCUT2D eigenvalue weighted by Gasteiger charge is -2.44. The Labute approximate surface area is 163 Å². The van der Waals surface area contributed by atoms with Crippen molar-refractivity contribution in [2.45, 2.75) is 51.6 Å². The van der Waals surface area contributed by atoms with Crippen molar-refractivity contribution in [1.29, 1.82) is 0 Å². The second-order valence-electron chi connectivity index (χ2n) is 7.56. The lowest BCUT2D eigenvalue weighted by molar-refractivity contribution is 0.0846. The number of aromatic nitrogens is 1. The summed E-state index contributed by atoms with van der Waals surface area (Å²) in [6, 6.07) is 15.8. The largest absolute Gasteiger partial charge is 0.366 e. The van der Waals surface area contributed by atoms with Crippen LogP contribution in [-0.4, -0.2) is 29.0 Å². The zero-order valence-electron chi connectivity index (χ0n) is 15.7. The summed E-state index contributed by atoms with van der Waals surface area (Å²) in [6.07, 6.45) is 6.32. The molecule has 4 rings (SSSR count). The lowest BCUT2D eigenvalue weighted by atomic mass is 9.77. The number of nitrogens with one attached hydrogen (secondary N) is 1. The Kier molecular flexibility index (Phi) is 6.55. The number of fused-ring (bicyclic) bond motifs is 2. The molecule has 2 aromatic rings. The van der Waals surface area contributed by atoms with Crippen molar-refractivity contribution in [1.82, 2.24) is 9.88 Å². The van der Waals surface area contributed by atoms with E-state index in [-0.39, 0.29) is 12.4 Å². The molecule has 4 heteroatoms. The van der Waals surface area contributed by atoms with Gasteiger partial charge in [0.1, 0.15) is 5.82 Å². The average molecular weight is 372 g/mol. The highest BCUT2D eigenvalue weighted by molar-refractivity contribution is 5.85. The van der Waals surface area contributed by atoms with Crippen LogP contribution in [0.1, 0.15) is 43.0 Å². The van der Waals surface area contributed by atoms with Gasteiger partial charge in [-0.05, 0) is 68.3 Å². The third kappa shape index (κ3) is 4.21. The molecule has 2 atom stereocenters. The van der Waals surface area contributed by atoms with Crippen LogP contribution < -0.4 is 5.32 Å². The molecule has 1 aromatic carbocycles. The standard InChI is InChI=1S/C22H29N3.ClH/c1-2-12-25-13-6-9-19-14-20-18(15-21(19)25)10-11-22(24-20)23-16-17-7-4-3-5-8-17;/h3-5,7-8,10-11,19,21H,2,6,9,12-16H2,1H3,(H,23,24);1H/t19-,21-;/m1./s1. The average Bonchev–Trinajstić information content (AvgIpc) is 2.66. The normalized spacial score (nSPS) is 22.0. The van der Waals surface area contributed by atoms with Gasteiger partial charge in [-0.3, -0.25) is 4.90 Å². The molecule has 0 unspecified atom stereocenters. The summed E-state index contributed by atoms with van der Waals surface area (Å²) >= 11 is 0. The van der Waals surface area contributed by atoms with Gasteiger partial charge >= 0.3 is 0 Å². The van der Waals surface area contributed by atoms with E-state index in [9.17, 15) is 0 Å². The molecule has 140 valence electrons. The van der Waals surface area contributed by atoms with E-state index in [0.29, 0.717) is 0 Å². The molecule has 3 nitrogen and oxygen atoms in total. The van der Waals surface area contributed by atoms with Crippen molar-refractivity contribution in [2.24, 2.45) is 5.92 Å². The Bertz CT molecular complexity index is 702. The molecule has 1 aliphatic heterocycles. The second kappa shape index (κ2) is 8.88. The fourth-order valence-corrected chi connectivity index (χ4v) is 4.57. The second-order valence-corrected chi connectivity index (χ2v) is 7.56. The minimum absolute atomic E-state index is 0.